The van der Waals surface area contributed by atoms with Crippen LogP contribution in [0, 0.1) is 0 Å². The first-order valence-corrected chi connectivity index (χ1v) is 10.1. The predicted octanol–water partition coefficient (Wildman–Crippen LogP) is 1.45. The molecule has 0 fully saturated rings. The molecule has 0 saturated heterocycles. The van der Waals surface area contributed by atoms with Gasteiger partial charge < -0.3 is 19.4 Å². The van der Waals surface area contributed by atoms with E-state index in [4.69, 9.17) is 9.47 Å². The molecule has 3 rings (SSSR count). The number of imidazole rings is 1. The van der Waals surface area contributed by atoms with E-state index in [1.807, 2.05) is 6.92 Å². The lowest BCUT2D eigenvalue weighted by molar-refractivity contribution is -0.116. The molecule has 10 heteroatoms. The average Bonchev–Trinajstić information content (AvgIpc) is 3.19. The highest BCUT2D eigenvalue weighted by Gasteiger charge is 2.20. The highest BCUT2D eigenvalue weighted by atomic mass is 16.5. The number of nitrogens with one attached hydrogen (secondary N) is 1. The molecule has 0 aliphatic heterocycles. The Morgan fingerprint density at radius 1 is 1.13 bits per heavy atom. The number of carbonyl (C=O) groups excluding carboxylic acids is 1. The Kier molecular flexibility index (Phi) is 7.24. The summed E-state index contributed by atoms with van der Waals surface area (Å²) in [6, 6.07) is 6.92. The number of amides is 1. The highest BCUT2D eigenvalue weighted by molar-refractivity contribution is 5.92. The Hall–Kier alpha value is -3.40. The van der Waals surface area contributed by atoms with Crippen LogP contribution in [-0.2, 0) is 29.2 Å². The maximum atomic E-state index is 13.2. The van der Waals surface area contributed by atoms with Crippen LogP contribution in [0.4, 0.5) is 5.69 Å². The van der Waals surface area contributed by atoms with Crippen LogP contribution in [0.5, 0.6) is 5.75 Å². The number of aromatic nitrogens is 4. The highest BCUT2D eigenvalue weighted by Crippen LogP contribution is 2.22. The maximum Gasteiger partial charge on any atom is 0.333 e. The molecular formula is C21H27N5O5. The van der Waals surface area contributed by atoms with Crippen molar-refractivity contribution in [1.82, 2.24) is 18.7 Å². The second-order valence-corrected chi connectivity index (χ2v) is 7.03. The minimum atomic E-state index is -0.559. The van der Waals surface area contributed by atoms with E-state index in [9.17, 15) is 14.4 Å². The number of unbranched alkanes of at least 4 members (excludes halogenated alkanes) is 1. The van der Waals surface area contributed by atoms with Crippen molar-refractivity contribution >= 4 is 22.8 Å². The summed E-state index contributed by atoms with van der Waals surface area (Å²) in [6.07, 6.45) is 3.13. The number of aryl methyl sites for hydroxylation is 1. The lowest BCUT2D eigenvalue weighted by Crippen LogP contribution is -2.43. The number of carbonyl (C=O) groups is 1. The van der Waals surface area contributed by atoms with Crippen LogP contribution >= 0.6 is 0 Å². The Balaban J connectivity index is 2.03. The number of hydrogen-bond acceptors (Lipinski definition) is 6. The van der Waals surface area contributed by atoms with E-state index < -0.39 is 23.7 Å². The van der Waals surface area contributed by atoms with Crippen LogP contribution in [-0.4, -0.2) is 45.4 Å². The van der Waals surface area contributed by atoms with Gasteiger partial charge in [0.2, 0.25) is 5.91 Å². The zero-order valence-electron chi connectivity index (χ0n) is 18.0. The molecule has 10 nitrogen and oxygen atoms in total. The standard InChI is InChI=1S/C21H27N5O5/c1-4-5-10-25-19-18(24(14-22-19)11-12-30-2)20(28)26(21(25)29)13-17(27)23-15-8-6-7-9-16(15)31-3/h6-9,14H,4-5,10-13H2,1-3H3,(H,23,27). The molecule has 3 aromatic rings. The predicted molar refractivity (Wildman–Crippen MR) is 117 cm³/mol. The van der Waals surface area contributed by atoms with E-state index in [1.165, 1.54) is 18.0 Å². The first kappa shape index (κ1) is 22.3. The van der Waals surface area contributed by atoms with Crippen LogP contribution in [0.2, 0.25) is 0 Å². The van der Waals surface area contributed by atoms with Crippen molar-refractivity contribution in [1.29, 1.82) is 0 Å². The summed E-state index contributed by atoms with van der Waals surface area (Å²) < 4.78 is 14.4. The zero-order valence-corrected chi connectivity index (χ0v) is 18.0. The molecule has 0 aliphatic rings. The van der Waals surface area contributed by atoms with Crippen LogP contribution in [0.1, 0.15) is 19.8 Å². The number of rotatable bonds is 10. The monoisotopic (exact) mass is 429 g/mol. The molecule has 0 saturated carbocycles. The summed E-state index contributed by atoms with van der Waals surface area (Å²) in [5, 5.41) is 2.70. The van der Waals surface area contributed by atoms with Crippen molar-refractivity contribution < 1.29 is 14.3 Å². The Morgan fingerprint density at radius 2 is 1.90 bits per heavy atom. The number of benzene rings is 1. The van der Waals surface area contributed by atoms with Gasteiger partial charge >= 0.3 is 5.69 Å². The molecule has 2 aromatic heterocycles. The van der Waals surface area contributed by atoms with Gasteiger partial charge in [0.1, 0.15) is 12.3 Å². The van der Waals surface area contributed by atoms with Crippen molar-refractivity contribution in [3.63, 3.8) is 0 Å². The van der Waals surface area contributed by atoms with Gasteiger partial charge in [0.25, 0.3) is 5.56 Å². The largest absolute Gasteiger partial charge is 0.495 e. The Morgan fingerprint density at radius 3 is 2.61 bits per heavy atom. The minimum absolute atomic E-state index is 0.276. The van der Waals surface area contributed by atoms with E-state index in [-0.39, 0.29) is 5.52 Å². The molecule has 1 N–H and O–H groups in total. The summed E-state index contributed by atoms with van der Waals surface area (Å²) in [5.74, 6) is -0.0234. The second-order valence-electron chi connectivity index (χ2n) is 7.03. The quantitative estimate of drug-likeness (QED) is 0.523. The Labute approximate surface area is 179 Å². The summed E-state index contributed by atoms with van der Waals surface area (Å²) in [5.41, 5.74) is -0.0611. The molecule has 166 valence electrons. The van der Waals surface area contributed by atoms with E-state index in [0.717, 1.165) is 17.4 Å². The van der Waals surface area contributed by atoms with Gasteiger partial charge in [-0.1, -0.05) is 25.5 Å². The van der Waals surface area contributed by atoms with Gasteiger partial charge in [-0.05, 0) is 18.6 Å². The summed E-state index contributed by atoms with van der Waals surface area (Å²) >= 11 is 0. The molecule has 2 heterocycles. The third-order valence-corrected chi connectivity index (χ3v) is 4.94. The zero-order chi connectivity index (χ0) is 22.4. The third kappa shape index (κ3) is 4.69. The van der Waals surface area contributed by atoms with Gasteiger partial charge in [0.05, 0.1) is 25.7 Å². The van der Waals surface area contributed by atoms with Crippen molar-refractivity contribution in [2.45, 2.75) is 39.4 Å². The number of methoxy groups -OCH3 is 2. The molecule has 0 spiro atoms. The van der Waals surface area contributed by atoms with Crippen molar-refractivity contribution in [3.05, 3.63) is 51.4 Å². The van der Waals surface area contributed by atoms with Crippen molar-refractivity contribution in [3.8, 4) is 5.75 Å². The fourth-order valence-electron chi connectivity index (χ4n) is 3.34. The first-order chi connectivity index (χ1) is 15.0. The Bertz CT molecular complexity index is 1180. The molecular weight excluding hydrogens is 402 g/mol. The van der Waals surface area contributed by atoms with Crippen molar-refractivity contribution in [2.75, 3.05) is 26.1 Å². The van der Waals surface area contributed by atoms with Crippen LogP contribution in [0.3, 0.4) is 0 Å². The molecule has 0 aliphatic carbocycles. The van der Waals surface area contributed by atoms with Gasteiger partial charge in [-0.15, -0.1) is 0 Å². The van der Waals surface area contributed by atoms with E-state index in [1.54, 1.807) is 35.9 Å². The third-order valence-electron chi connectivity index (χ3n) is 4.94. The van der Waals surface area contributed by atoms with Crippen molar-refractivity contribution in [2.24, 2.45) is 0 Å². The van der Waals surface area contributed by atoms with Crippen LogP contribution in [0.15, 0.2) is 40.2 Å². The van der Waals surface area contributed by atoms with Crippen LogP contribution < -0.4 is 21.3 Å². The van der Waals surface area contributed by atoms with E-state index in [0.29, 0.717) is 36.8 Å². The molecule has 0 bridgehead atoms. The summed E-state index contributed by atoms with van der Waals surface area (Å²) in [6.45, 7) is 2.78. The average molecular weight is 429 g/mol. The number of hydrogen-bond donors (Lipinski definition) is 1. The SMILES string of the molecule is CCCCn1c(=O)n(CC(=O)Nc2ccccc2OC)c(=O)c2c1ncn2CCOC. The maximum absolute atomic E-state index is 13.2. The fraction of sp³-hybridized carbons (Fsp3) is 0.429. The second kappa shape index (κ2) is 10.1. The van der Waals surface area contributed by atoms with Gasteiger partial charge in [0, 0.05) is 20.2 Å². The molecule has 1 amide bonds. The van der Waals surface area contributed by atoms with Gasteiger partial charge in [-0.2, -0.15) is 0 Å². The first-order valence-electron chi connectivity index (χ1n) is 10.1. The van der Waals surface area contributed by atoms with Crippen LogP contribution in [0.25, 0.3) is 11.2 Å². The van der Waals surface area contributed by atoms with Gasteiger partial charge in [-0.25, -0.2) is 14.3 Å². The summed E-state index contributed by atoms with van der Waals surface area (Å²) in [7, 11) is 3.06. The smallest absolute Gasteiger partial charge is 0.333 e. The van der Waals surface area contributed by atoms with E-state index >= 15 is 0 Å². The number of nitrogens with zero attached hydrogens (tertiary/aromatic N) is 4. The molecule has 0 unspecified atom stereocenters. The normalized spacial score (nSPS) is 11.1. The van der Waals surface area contributed by atoms with Gasteiger partial charge in [-0.3, -0.25) is 14.2 Å². The lowest BCUT2D eigenvalue weighted by Gasteiger charge is -2.13. The fourth-order valence-corrected chi connectivity index (χ4v) is 3.34. The molecule has 31 heavy (non-hydrogen) atoms. The minimum Gasteiger partial charge on any atom is -0.495 e. The molecule has 0 radical (unpaired) electrons. The number of anilines is 1. The molecule has 0 atom stereocenters. The lowest BCUT2D eigenvalue weighted by atomic mass is 10.3. The number of ether oxygens (including phenoxy) is 2. The van der Waals surface area contributed by atoms with E-state index in [2.05, 4.69) is 10.3 Å². The number of fused-ring (bicyclic) bond motifs is 1. The number of para-hydroxylation sites is 2. The molecule has 1 aromatic carbocycles. The summed E-state index contributed by atoms with van der Waals surface area (Å²) in [4.78, 5) is 43.3. The topological polar surface area (TPSA) is 109 Å². The van der Waals surface area contributed by atoms with Gasteiger partial charge in [0.15, 0.2) is 11.2 Å².